The van der Waals surface area contributed by atoms with Crippen LogP contribution in [-0.2, 0) is 0 Å². The number of carbonyl (C=O) groups is 1. The molecule has 2 heterocycles. The summed E-state index contributed by atoms with van der Waals surface area (Å²) in [5, 5.41) is 12.2. The van der Waals surface area contributed by atoms with Gasteiger partial charge in [-0.05, 0) is 61.9 Å². The Bertz CT molecular complexity index is 929. The van der Waals surface area contributed by atoms with Crippen LogP contribution in [0, 0.1) is 17.2 Å². The number of nitrogens with one attached hydrogen (secondary N) is 1. The van der Waals surface area contributed by atoms with Gasteiger partial charge in [-0.15, -0.1) is 12.4 Å². The number of nitriles is 1. The van der Waals surface area contributed by atoms with Crippen LogP contribution in [0.5, 0.6) is 5.75 Å². The third-order valence-electron chi connectivity index (χ3n) is 5.80. The minimum Gasteiger partial charge on any atom is -0.493 e. The third kappa shape index (κ3) is 5.15. The molecule has 0 aromatic heterocycles. The van der Waals surface area contributed by atoms with Crippen molar-refractivity contribution in [1.82, 2.24) is 10.2 Å². The number of rotatable bonds is 6. The topological polar surface area (TPSA) is 65.4 Å². The van der Waals surface area contributed by atoms with Gasteiger partial charge in [-0.25, -0.2) is 0 Å². The highest BCUT2D eigenvalue weighted by atomic mass is 79.9. The molecule has 0 bridgehead atoms. The molecule has 2 aromatic rings. The SMILES string of the molecule is Cl.N#Cc1ccc2c(c1)[C@H]1CN(CCCCNC(=O)c3ccc(Br)cc3)C[C@@H]1CO2. The molecule has 5 nitrogen and oxygen atoms in total. The zero-order valence-corrected chi connectivity index (χ0v) is 19.0. The van der Waals surface area contributed by atoms with Crippen molar-refractivity contribution in [3.05, 3.63) is 63.6 Å². The van der Waals surface area contributed by atoms with E-state index in [2.05, 4.69) is 32.2 Å². The minimum absolute atomic E-state index is 0. The van der Waals surface area contributed by atoms with E-state index in [1.54, 1.807) is 0 Å². The molecule has 1 saturated heterocycles. The highest BCUT2D eigenvalue weighted by Gasteiger charge is 2.38. The summed E-state index contributed by atoms with van der Waals surface area (Å²) >= 11 is 3.38. The van der Waals surface area contributed by atoms with Crippen molar-refractivity contribution in [1.29, 1.82) is 5.26 Å². The first-order chi connectivity index (χ1) is 14.1. The van der Waals surface area contributed by atoms with Crippen LogP contribution in [0.3, 0.4) is 0 Å². The molecule has 2 aliphatic rings. The summed E-state index contributed by atoms with van der Waals surface area (Å²) in [7, 11) is 0. The summed E-state index contributed by atoms with van der Waals surface area (Å²) in [6.45, 7) is 4.51. The zero-order chi connectivity index (χ0) is 20.2. The lowest BCUT2D eigenvalue weighted by atomic mass is 9.86. The molecule has 1 N–H and O–H groups in total. The first-order valence-corrected chi connectivity index (χ1v) is 10.9. The lowest BCUT2D eigenvalue weighted by Gasteiger charge is -2.27. The molecule has 4 rings (SSSR count). The van der Waals surface area contributed by atoms with E-state index in [1.807, 2.05) is 42.5 Å². The summed E-state index contributed by atoms with van der Waals surface area (Å²) in [5.41, 5.74) is 2.57. The highest BCUT2D eigenvalue weighted by molar-refractivity contribution is 9.10. The quantitative estimate of drug-likeness (QED) is 0.611. The number of halogens is 2. The van der Waals surface area contributed by atoms with Gasteiger partial charge in [0.1, 0.15) is 5.75 Å². The average Bonchev–Trinajstić information content (AvgIpc) is 3.17. The fourth-order valence-electron chi connectivity index (χ4n) is 4.27. The fourth-order valence-corrected chi connectivity index (χ4v) is 4.53. The molecule has 1 amide bonds. The van der Waals surface area contributed by atoms with E-state index in [9.17, 15) is 10.1 Å². The number of benzene rings is 2. The van der Waals surface area contributed by atoms with Gasteiger partial charge in [-0.1, -0.05) is 15.9 Å². The lowest BCUT2D eigenvalue weighted by molar-refractivity contribution is 0.0952. The molecule has 2 aliphatic heterocycles. The van der Waals surface area contributed by atoms with E-state index in [-0.39, 0.29) is 18.3 Å². The molecule has 0 aliphatic carbocycles. The number of hydrogen-bond acceptors (Lipinski definition) is 4. The van der Waals surface area contributed by atoms with Crippen LogP contribution in [0.25, 0.3) is 0 Å². The fraction of sp³-hybridized carbons (Fsp3) is 0.391. The van der Waals surface area contributed by atoms with Crippen molar-refractivity contribution in [2.75, 3.05) is 32.8 Å². The zero-order valence-electron chi connectivity index (χ0n) is 16.6. The van der Waals surface area contributed by atoms with Crippen LogP contribution in [0.4, 0.5) is 0 Å². The van der Waals surface area contributed by atoms with Crippen molar-refractivity contribution in [3.8, 4) is 11.8 Å². The van der Waals surface area contributed by atoms with E-state index in [1.165, 1.54) is 5.56 Å². The second kappa shape index (κ2) is 10.3. The molecule has 30 heavy (non-hydrogen) atoms. The van der Waals surface area contributed by atoms with Gasteiger partial charge in [0.2, 0.25) is 0 Å². The van der Waals surface area contributed by atoms with Crippen molar-refractivity contribution in [3.63, 3.8) is 0 Å². The van der Waals surface area contributed by atoms with Crippen LogP contribution >= 0.6 is 28.3 Å². The smallest absolute Gasteiger partial charge is 0.251 e. The summed E-state index contributed by atoms with van der Waals surface area (Å²) < 4.78 is 6.89. The van der Waals surface area contributed by atoms with Crippen LogP contribution in [0.1, 0.15) is 40.2 Å². The Labute approximate surface area is 191 Å². The van der Waals surface area contributed by atoms with E-state index < -0.39 is 0 Å². The number of hydrogen-bond donors (Lipinski definition) is 1. The maximum absolute atomic E-state index is 12.1. The number of likely N-dealkylation sites (tertiary alicyclic amines) is 1. The first-order valence-electron chi connectivity index (χ1n) is 10.1. The Morgan fingerprint density at radius 3 is 2.77 bits per heavy atom. The Morgan fingerprint density at radius 1 is 1.20 bits per heavy atom. The monoisotopic (exact) mass is 489 g/mol. The Kier molecular flexibility index (Phi) is 7.76. The van der Waals surface area contributed by atoms with E-state index in [4.69, 9.17) is 4.74 Å². The Hall–Kier alpha value is -2.07. The number of fused-ring (bicyclic) bond motifs is 3. The molecule has 158 valence electrons. The molecule has 0 saturated carbocycles. The van der Waals surface area contributed by atoms with Crippen LogP contribution in [0.2, 0.25) is 0 Å². The van der Waals surface area contributed by atoms with Gasteiger partial charge >= 0.3 is 0 Å². The molecule has 0 spiro atoms. The number of nitrogens with zero attached hydrogens (tertiary/aromatic N) is 2. The normalized spacial score (nSPS) is 19.6. The number of amides is 1. The molecule has 0 unspecified atom stereocenters. The standard InChI is InChI=1S/C23H24BrN3O2.ClH/c24-19-6-4-17(5-7-19)23(28)26-9-1-2-10-27-13-18-15-29-22-8-3-16(12-25)11-20(22)21(18)14-27;/h3-8,11,18,21H,1-2,9-10,13-15H2,(H,26,28);1H/t18-,21+;/m1./s1. The predicted molar refractivity (Wildman–Crippen MR) is 122 cm³/mol. The number of carbonyl (C=O) groups excluding carboxylic acids is 1. The van der Waals surface area contributed by atoms with Gasteiger partial charge in [-0.3, -0.25) is 4.79 Å². The molecule has 7 heteroatoms. The van der Waals surface area contributed by atoms with Crippen LogP contribution < -0.4 is 10.1 Å². The van der Waals surface area contributed by atoms with Gasteiger partial charge in [0.25, 0.3) is 5.91 Å². The van der Waals surface area contributed by atoms with E-state index in [0.717, 1.165) is 49.3 Å². The van der Waals surface area contributed by atoms with Gasteiger partial charge < -0.3 is 15.0 Å². The molecule has 0 radical (unpaired) electrons. The maximum atomic E-state index is 12.1. The van der Waals surface area contributed by atoms with Crippen LogP contribution in [-0.4, -0.2) is 43.6 Å². The van der Waals surface area contributed by atoms with E-state index in [0.29, 0.717) is 29.5 Å². The van der Waals surface area contributed by atoms with Gasteiger partial charge in [0, 0.05) is 47.1 Å². The van der Waals surface area contributed by atoms with Gasteiger partial charge in [-0.2, -0.15) is 5.26 Å². The van der Waals surface area contributed by atoms with Crippen LogP contribution in [0.15, 0.2) is 46.9 Å². The minimum atomic E-state index is -0.0215. The molecule has 2 aromatic carbocycles. The van der Waals surface area contributed by atoms with Gasteiger partial charge in [0.05, 0.1) is 18.2 Å². The van der Waals surface area contributed by atoms with Crippen molar-refractivity contribution < 1.29 is 9.53 Å². The summed E-state index contributed by atoms with van der Waals surface area (Å²) in [4.78, 5) is 14.6. The first kappa shape index (κ1) is 22.6. The molecule has 2 atom stereocenters. The Balaban J connectivity index is 0.00000256. The maximum Gasteiger partial charge on any atom is 0.251 e. The third-order valence-corrected chi connectivity index (χ3v) is 6.33. The summed E-state index contributed by atoms with van der Waals surface area (Å²) in [6, 6.07) is 15.4. The van der Waals surface area contributed by atoms with Gasteiger partial charge in [0.15, 0.2) is 0 Å². The number of unbranched alkanes of at least 4 members (excludes halogenated alkanes) is 1. The molecular formula is C23H25BrClN3O2. The van der Waals surface area contributed by atoms with E-state index >= 15 is 0 Å². The summed E-state index contributed by atoms with van der Waals surface area (Å²) in [5.74, 6) is 1.85. The lowest BCUT2D eigenvalue weighted by Crippen LogP contribution is -2.27. The van der Waals surface area contributed by atoms with Crippen molar-refractivity contribution in [2.24, 2.45) is 5.92 Å². The summed E-state index contributed by atoms with van der Waals surface area (Å²) in [6.07, 6.45) is 2.01. The second-order valence-electron chi connectivity index (χ2n) is 7.77. The predicted octanol–water partition coefficient (Wildman–Crippen LogP) is 4.36. The molecular weight excluding hydrogens is 466 g/mol. The van der Waals surface area contributed by atoms with Crippen molar-refractivity contribution in [2.45, 2.75) is 18.8 Å². The number of ether oxygens (including phenoxy) is 1. The highest BCUT2D eigenvalue weighted by Crippen LogP contribution is 2.41. The average molecular weight is 491 g/mol. The largest absolute Gasteiger partial charge is 0.493 e. The second-order valence-corrected chi connectivity index (χ2v) is 8.69. The molecule has 1 fully saturated rings. The van der Waals surface area contributed by atoms with Crippen molar-refractivity contribution >= 4 is 34.2 Å². The Morgan fingerprint density at radius 2 is 2.00 bits per heavy atom.